The van der Waals surface area contributed by atoms with Crippen molar-refractivity contribution in [2.75, 3.05) is 13.1 Å². The van der Waals surface area contributed by atoms with Crippen LogP contribution in [0.5, 0.6) is 0 Å². The molecule has 1 saturated heterocycles. The van der Waals surface area contributed by atoms with Gasteiger partial charge in [0.05, 0.1) is 0 Å². The molecule has 2 aromatic carbocycles. The molecule has 2 fully saturated rings. The lowest BCUT2D eigenvalue weighted by Crippen LogP contribution is -2.33. The summed E-state index contributed by atoms with van der Waals surface area (Å²) in [6.07, 6.45) is 5.60. The number of nitrogens with one attached hydrogen (secondary N) is 1. The third-order valence-corrected chi connectivity index (χ3v) is 7.82. The Balaban J connectivity index is 1.31. The Bertz CT molecular complexity index is 1490. The molecule has 0 unspecified atom stereocenters. The predicted octanol–water partition coefficient (Wildman–Crippen LogP) is 5.19. The van der Waals surface area contributed by atoms with E-state index in [1.807, 2.05) is 29.5 Å². The van der Waals surface area contributed by atoms with E-state index in [1.54, 1.807) is 0 Å². The van der Waals surface area contributed by atoms with E-state index in [1.165, 1.54) is 5.39 Å². The summed E-state index contributed by atoms with van der Waals surface area (Å²) in [6, 6.07) is 16.8. The van der Waals surface area contributed by atoms with Gasteiger partial charge in [-0.15, -0.1) is 0 Å². The number of rotatable bonds is 6. The molecule has 184 valence electrons. The van der Waals surface area contributed by atoms with Crippen molar-refractivity contribution in [2.45, 2.75) is 46.1 Å². The van der Waals surface area contributed by atoms with Crippen LogP contribution in [0.25, 0.3) is 33.4 Å². The number of hydrogen-bond acceptors (Lipinski definition) is 3. The zero-order valence-electron chi connectivity index (χ0n) is 21.0. The van der Waals surface area contributed by atoms with Gasteiger partial charge >= 0.3 is 0 Å². The van der Waals surface area contributed by atoms with E-state index < -0.39 is 0 Å². The lowest BCUT2D eigenvalue weighted by atomic mass is 10.0. The minimum atomic E-state index is 0.0500. The number of amides is 1. The number of fused-ring (bicyclic) bond motifs is 1. The van der Waals surface area contributed by atoms with E-state index >= 15 is 0 Å². The van der Waals surface area contributed by atoms with E-state index in [-0.39, 0.29) is 17.4 Å². The van der Waals surface area contributed by atoms with Gasteiger partial charge in [0, 0.05) is 54.1 Å². The molecule has 1 aliphatic heterocycles. The van der Waals surface area contributed by atoms with Gasteiger partial charge in [0.1, 0.15) is 5.82 Å². The van der Waals surface area contributed by atoms with Crippen LogP contribution in [0.1, 0.15) is 37.4 Å². The summed E-state index contributed by atoms with van der Waals surface area (Å²) in [5, 5.41) is 1.18. The van der Waals surface area contributed by atoms with Crippen LogP contribution in [0.3, 0.4) is 0 Å². The molecule has 6 rings (SSSR count). The van der Waals surface area contributed by atoms with E-state index in [0.29, 0.717) is 24.7 Å². The molecule has 1 N–H and O–H groups in total. The van der Waals surface area contributed by atoms with Crippen molar-refractivity contribution in [3.8, 4) is 22.5 Å². The first-order valence-electron chi connectivity index (χ1n) is 13.1. The fourth-order valence-corrected chi connectivity index (χ4v) is 5.57. The molecule has 1 aliphatic carbocycles. The molecule has 6 nitrogen and oxygen atoms in total. The van der Waals surface area contributed by atoms with E-state index in [2.05, 4.69) is 53.5 Å². The summed E-state index contributed by atoms with van der Waals surface area (Å²) >= 11 is 0. The molecule has 0 bridgehead atoms. The summed E-state index contributed by atoms with van der Waals surface area (Å²) in [6.45, 7) is 6.06. The van der Waals surface area contributed by atoms with E-state index in [4.69, 9.17) is 4.98 Å². The number of aromatic amines is 1. The third kappa shape index (κ3) is 4.15. The Morgan fingerprint density at radius 3 is 2.53 bits per heavy atom. The number of aryl methyl sites for hydroxylation is 1. The minimum absolute atomic E-state index is 0.0500. The average Bonchev–Trinajstić information content (AvgIpc) is 3.45. The molecule has 0 radical (unpaired) electrons. The Morgan fingerprint density at radius 1 is 1.03 bits per heavy atom. The number of benzene rings is 2. The summed E-state index contributed by atoms with van der Waals surface area (Å²) in [4.78, 5) is 36.3. The van der Waals surface area contributed by atoms with Crippen molar-refractivity contribution < 1.29 is 4.79 Å². The summed E-state index contributed by atoms with van der Waals surface area (Å²) in [5.74, 6) is 1.53. The molecule has 4 aromatic rings. The Labute approximate surface area is 211 Å². The number of nitrogens with zero attached hydrogens (tertiary/aromatic N) is 3. The lowest BCUT2D eigenvalue weighted by Gasteiger charge is -2.20. The van der Waals surface area contributed by atoms with Gasteiger partial charge in [-0.2, -0.15) is 0 Å². The van der Waals surface area contributed by atoms with Crippen molar-refractivity contribution in [3.05, 3.63) is 76.3 Å². The number of carbonyl (C=O) groups excluding carboxylic acids is 1. The van der Waals surface area contributed by atoms with Crippen LogP contribution in [0.2, 0.25) is 0 Å². The predicted molar refractivity (Wildman–Crippen MR) is 143 cm³/mol. The van der Waals surface area contributed by atoms with Crippen LogP contribution in [0.4, 0.5) is 0 Å². The third-order valence-electron chi connectivity index (χ3n) is 7.82. The number of H-pyrrole nitrogens is 1. The molecule has 6 heteroatoms. The van der Waals surface area contributed by atoms with Gasteiger partial charge in [0.25, 0.3) is 5.56 Å². The molecule has 3 heterocycles. The number of hydrogen-bond donors (Lipinski definition) is 1. The van der Waals surface area contributed by atoms with Crippen molar-refractivity contribution in [2.24, 2.45) is 11.8 Å². The quantitative estimate of drug-likeness (QED) is 0.413. The monoisotopic (exact) mass is 480 g/mol. The maximum atomic E-state index is 13.6. The fraction of sp³-hybridized carbons (Fsp3) is 0.367. The molecular weight excluding hydrogens is 448 g/mol. The van der Waals surface area contributed by atoms with Gasteiger partial charge in [-0.3, -0.25) is 14.2 Å². The highest BCUT2D eigenvalue weighted by molar-refractivity contribution is 5.85. The zero-order chi connectivity index (χ0) is 24.8. The summed E-state index contributed by atoms with van der Waals surface area (Å²) in [7, 11) is 0. The van der Waals surface area contributed by atoms with Crippen LogP contribution >= 0.6 is 0 Å². The Morgan fingerprint density at radius 2 is 1.78 bits per heavy atom. The second-order valence-corrected chi connectivity index (χ2v) is 10.3. The highest BCUT2D eigenvalue weighted by Crippen LogP contribution is 2.33. The molecule has 1 saturated carbocycles. The first kappa shape index (κ1) is 22.8. The van der Waals surface area contributed by atoms with Gasteiger partial charge in [-0.05, 0) is 73.2 Å². The minimum Gasteiger partial charge on any atom is -0.361 e. The summed E-state index contributed by atoms with van der Waals surface area (Å²) in [5.41, 5.74) is 5.97. The molecule has 0 spiro atoms. The number of aromatic nitrogens is 3. The van der Waals surface area contributed by atoms with Gasteiger partial charge < -0.3 is 9.88 Å². The first-order chi connectivity index (χ1) is 17.5. The smallest absolute Gasteiger partial charge is 0.257 e. The molecule has 36 heavy (non-hydrogen) atoms. The number of carbonyl (C=O) groups is 1. The van der Waals surface area contributed by atoms with Crippen molar-refractivity contribution in [1.82, 2.24) is 19.4 Å². The summed E-state index contributed by atoms with van der Waals surface area (Å²) < 4.78 is 1.86. The fourth-order valence-electron chi connectivity index (χ4n) is 5.57. The largest absolute Gasteiger partial charge is 0.361 e. The zero-order valence-corrected chi connectivity index (χ0v) is 21.0. The van der Waals surface area contributed by atoms with Gasteiger partial charge in [0.2, 0.25) is 5.91 Å². The SMILES string of the molecule is CCc1c(C)nc(-c2ccc(-c3ccc4[nH]ccc4c3)cc2)n(C[C@@H]2CCN(C(=O)C3CC3)C2)c1=O. The van der Waals surface area contributed by atoms with Gasteiger partial charge in [-0.1, -0.05) is 37.3 Å². The normalized spacial score (nSPS) is 17.7. The van der Waals surface area contributed by atoms with Gasteiger partial charge in [-0.25, -0.2) is 4.98 Å². The highest BCUT2D eigenvalue weighted by atomic mass is 16.2. The molecular formula is C30H32N4O2. The van der Waals surface area contributed by atoms with Crippen molar-refractivity contribution in [1.29, 1.82) is 0 Å². The second kappa shape index (κ2) is 9.08. The van der Waals surface area contributed by atoms with Crippen LogP contribution in [-0.4, -0.2) is 38.4 Å². The van der Waals surface area contributed by atoms with Gasteiger partial charge in [0.15, 0.2) is 0 Å². The Kier molecular flexibility index (Phi) is 5.75. The van der Waals surface area contributed by atoms with E-state index in [9.17, 15) is 9.59 Å². The first-order valence-corrected chi connectivity index (χ1v) is 13.1. The highest BCUT2D eigenvalue weighted by Gasteiger charge is 2.36. The number of likely N-dealkylation sites (tertiary alicyclic amines) is 1. The molecule has 2 aliphatic rings. The van der Waals surface area contributed by atoms with Crippen LogP contribution in [0.15, 0.2) is 59.5 Å². The maximum Gasteiger partial charge on any atom is 0.257 e. The average molecular weight is 481 g/mol. The topological polar surface area (TPSA) is 71.0 Å². The van der Waals surface area contributed by atoms with Crippen LogP contribution < -0.4 is 5.56 Å². The molecule has 2 aromatic heterocycles. The van der Waals surface area contributed by atoms with Crippen molar-refractivity contribution in [3.63, 3.8) is 0 Å². The lowest BCUT2D eigenvalue weighted by molar-refractivity contribution is -0.131. The van der Waals surface area contributed by atoms with E-state index in [0.717, 1.165) is 65.8 Å². The van der Waals surface area contributed by atoms with Crippen LogP contribution in [0, 0.1) is 18.8 Å². The molecule has 1 atom stereocenters. The second-order valence-electron chi connectivity index (χ2n) is 10.3. The molecule has 1 amide bonds. The standard InChI is InChI=1S/C30H32N4O2/c1-3-26-19(2)32-28(34(30(26)36)18-20-13-15-33(17-20)29(35)23-8-9-23)22-6-4-21(5-7-22)24-10-11-27-25(16-24)12-14-31-27/h4-7,10-12,14,16,20,23,31H,3,8-9,13,15,17-18H2,1-2H3/t20-/m1/s1. The van der Waals surface area contributed by atoms with Crippen LogP contribution in [-0.2, 0) is 17.8 Å². The van der Waals surface area contributed by atoms with Crippen molar-refractivity contribution >= 4 is 16.8 Å². The Hall–Kier alpha value is -3.67. The maximum absolute atomic E-state index is 13.6.